The molecule has 1 amide bonds. The molecule has 0 radical (unpaired) electrons. The van der Waals surface area contributed by atoms with Crippen LogP contribution in [0, 0.1) is 22.2 Å². The average molecular weight is 448 g/mol. The summed E-state index contributed by atoms with van der Waals surface area (Å²) in [5.74, 6) is -0.655. The number of hydrogen-bond acceptors (Lipinski definition) is 7. The number of alkyl halides is 3. The number of benzene rings is 1. The van der Waals surface area contributed by atoms with Crippen LogP contribution in [0.1, 0.15) is 20.9 Å². The number of rotatable bonds is 5. The number of nitro benzene ring substituents is 1. The molecule has 1 aromatic carbocycles. The second-order valence-corrected chi connectivity index (χ2v) is 7.83. The Hall–Kier alpha value is -2.51. The van der Waals surface area contributed by atoms with Gasteiger partial charge in [0.05, 0.1) is 17.1 Å². The Kier molecular flexibility index (Phi) is 6.15. The van der Waals surface area contributed by atoms with Crippen LogP contribution in [0.4, 0.5) is 18.9 Å². The first-order valence-corrected chi connectivity index (χ1v) is 9.79. The van der Waals surface area contributed by atoms with Crippen LogP contribution in [0.3, 0.4) is 0 Å². The summed E-state index contributed by atoms with van der Waals surface area (Å²) in [6.07, 6.45) is -4.87. The van der Waals surface area contributed by atoms with E-state index in [9.17, 15) is 33.3 Å². The summed E-state index contributed by atoms with van der Waals surface area (Å²) in [6.45, 7) is 3.96. The van der Waals surface area contributed by atoms with Gasteiger partial charge in [-0.2, -0.15) is 13.2 Å². The van der Waals surface area contributed by atoms with Crippen molar-refractivity contribution in [1.82, 2.24) is 9.80 Å². The highest BCUT2D eigenvalue weighted by Crippen LogP contribution is 2.41. The molecule has 2 aromatic rings. The lowest BCUT2D eigenvalue weighted by Gasteiger charge is -2.33. The summed E-state index contributed by atoms with van der Waals surface area (Å²) in [5, 5.41) is 23.7. The average Bonchev–Trinajstić information content (AvgIpc) is 3.00. The summed E-state index contributed by atoms with van der Waals surface area (Å²) < 4.78 is 44.8. The molecule has 1 fully saturated rings. The fraction of sp³-hybridized carbons (Fsp3) is 0.529. The fourth-order valence-electron chi connectivity index (χ4n) is 3.40. The van der Waals surface area contributed by atoms with Gasteiger partial charge in [-0.25, -0.2) is 0 Å². The van der Waals surface area contributed by atoms with E-state index in [0.717, 1.165) is 6.92 Å². The van der Waals surface area contributed by atoms with Gasteiger partial charge in [0, 0.05) is 51.5 Å². The molecule has 1 aromatic heterocycles. The SMILES string of the molecule is COCCN1CCN(C(=O)c2sc3c([N+](=O)[O-])c(C)c(C(F)(F)F)cc3[n+]2[O-])CC1. The second-order valence-electron chi connectivity index (χ2n) is 6.83. The van der Waals surface area contributed by atoms with Gasteiger partial charge in [-0.1, -0.05) is 0 Å². The Morgan fingerprint density at radius 3 is 2.50 bits per heavy atom. The standard InChI is InChI=1S/C17H19F3N4O5S/c1-10-11(17(18,19)20)9-12-14(13(10)24(27)28)30-16(23(12)26)15(25)22-5-3-21(4-6-22)7-8-29-2/h9H,3-8H2,1-2H3. The Morgan fingerprint density at radius 1 is 1.33 bits per heavy atom. The third-order valence-electron chi connectivity index (χ3n) is 5.03. The fourth-order valence-corrected chi connectivity index (χ4v) is 4.57. The van der Waals surface area contributed by atoms with Crippen molar-refractivity contribution in [2.24, 2.45) is 0 Å². The molecular formula is C17H19F3N4O5S. The van der Waals surface area contributed by atoms with Crippen molar-refractivity contribution in [1.29, 1.82) is 0 Å². The van der Waals surface area contributed by atoms with Crippen LogP contribution in [0.5, 0.6) is 0 Å². The lowest BCUT2D eigenvalue weighted by molar-refractivity contribution is -0.574. The zero-order valence-electron chi connectivity index (χ0n) is 16.2. The van der Waals surface area contributed by atoms with Crippen molar-refractivity contribution in [2.45, 2.75) is 13.1 Å². The van der Waals surface area contributed by atoms with E-state index in [0.29, 0.717) is 56.7 Å². The molecule has 0 N–H and O–H groups in total. The molecule has 9 nitrogen and oxygen atoms in total. The van der Waals surface area contributed by atoms with Gasteiger partial charge in [-0.15, -0.1) is 4.73 Å². The molecule has 1 aliphatic heterocycles. The van der Waals surface area contributed by atoms with Crippen LogP contribution < -0.4 is 4.73 Å². The lowest BCUT2D eigenvalue weighted by atomic mass is 10.1. The first-order chi connectivity index (χ1) is 14.1. The molecule has 0 aliphatic carbocycles. The number of nitro groups is 1. The smallest absolute Gasteiger partial charge is 0.417 e. The van der Waals surface area contributed by atoms with E-state index in [1.54, 1.807) is 7.11 Å². The van der Waals surface area contributed by atoms with Crippen molar-refractivity contribution in [2.75, 3.05) is 46.4 Å². The summed E-state index contributed by atoms with van der Waals surface area (Å²) in [6, 6.07) is 0.570. The molecule has 2 heterocycles. The number of piperazine rings is 1. The van der Waals surface area contributed by atoms with Crippen molar-refractivity contribution in [3.63, 3.8) is 0 Å². The van der Waals surface area contributed by atoms with Gasteiger partial charge in [-0.05, 0) is 18.3 Å². The number of aromatic nitrogens is 1. The number of carbonyl (C=O) groups is 1. The Labute approximate surface area is 173 Å². The Bertz CT molecular complexity index is 986. The monoisotopic (exact) mass is 448 g/mol. The second kappa shape index (κ2) is 8.32. The molecule has 1 aliphatic rings. The molecule has 164 valence electrons. The highest BCUT2D eigenvalue weighted by molar-refractivity contribution is 7.20. The summed E-state index contributed by atoms with van der Waals surface area (Å²) >= 11 is 0.545. The largest absolute Gasteiger partial charge is 0.617 e. The quantitative estimate of drug-likeness (QED) is 0.301. The minimum atomic E-state index is -4.87. The van der Waals surface area contributed by atoms with E-state index in [2.05, 4.69) is 4.90 Å². The maximum atomic E-state index is 13.3. The van der Waals surface area contributed by atoms with Crippen LogP contribution in [-0.4, -0.2) is 67.1 Å². The normalized spacial score (nSPS) is 15.7. The first-order valence-electron chi connectivity index (χ1n) is 8.98. The van der Waals surface area contributed by atoms with Gasteiger partial charge < -0.3 is 14.8 Å². The highest BCUT2D eigenvalue weighted by atomic mass is 32.1. The predicted octanol–water partition coefficient (Wildman–Crippen LogP) is 2.17. The number of amides is 1. The predicted molar refractivity (Wildman–Crippen MR) is 101 cm³/mol. The van der Waals surface area contributed by atoms with Gasteiger partial charge in [0.25, 0.3) is 5.69 Å². The van der Waals surface area contributed by atoms with Crippen LogP contribution in [0.25, 0.3) is 10.2 Å². The first kappa shape index (κ1) is 22.2. The van der Waals surface area contributed by atoms with E-state index in [-0.39, 0.29) is 9.43 Å². The maximum Gasteiger partial charge on any atom is 0.417 e. The van der Waals surface area contributed by atoms with Crippen molar-refractivity contribution in [3.05, 3.63) is 37.5 Å². The van der Waals surface area contributed by atoms with Gasteiger partial charge in [0.2, 0.25) is 5.52 Å². The van der Waals surface area contributed by atoms with E-state index in [4.69, 9.17) is 4.74 Å². The molecule has 0 atom stereocenters. The van der Waals surface area contributed by atoms with E-state index in [1.807, 2.05) is 0 Å². The van der Waals surface area contributed by atoms with Crippen molar-refractivity contribution >= 4 is 33.1 Å². The van der Waals surface area contributed by atoms with E-state index >= 15 is 0 Å². The number of carbonyl (C=O) groups excluding carboxylic acids is 1. The van der Waals surface area contributed by atoms with Crippen LogP contribution in [0.2, 0.25) is 0 Å². The minimum absolute atomic E-state index is 0.0707. The van der Waals surface area contributed by atoms with Crippen LogP contribution in [-0.2, 0) is 10.9 Å². The van der Waals surface area contributed by atoms with Gasteiger partial charge >= 0.3 is 17.1 Å². The third-order valence-corrected chi connectivity index (χ3v) is 6.17. The molecule has 1 saturated heterocycles. The van der Waals surface area contributed by atoms with Crippen molar-refractivity contribution < 1.29 is 32.4 Å². The van der Waals surface area contributed by atoms with Crippen LogP contribution >= 0.6 is 11.3 Å². The number of fused-ring (bicyclic) bond motifs is 1. The lowest BCUT2D eigenvalue weighted by Crippen LogP contribution is -2.51. The number of halogens is 3. The highest BCUT2D eigenvalue weighted by Gasteiger charge is 2.41. The number of methoxy groups -OCH3 is 1. The van der Waals surface area contributed by atoms with Crippen LogP contribution in [0.15, 0.2) is 6.07 Å². The van der Waals surface area contributed by atoms with Gasteiger partial charge in [-0.3, -0.25) is 19.8 Å². The van der Waals surface area contributed by atoms with Gasteiger partial charge in [0.1, 0.15) is 0 Å². The Balaban J connectivity index is 1.98. The molecule has 13 heteroatoms. The molecular weight excluding hydrogens is 429 g/mol. The third kappa shape index (κ3) is 4.04. The van der Waals surface area contributed by atoms with E-state index in [1.165, 1.54) is 4.90 Å². The molecule has 0 unspecified atom stereocenters. The zero-order valence-corrected chi connectivity index (χ0v) is 17.0. The summed E-state index contributed by atoms with van der Waals surface area (Å²) in [4.78, 5) is 26.8. The number of ether oxygens (including phenoxy) is 1. The summed E-state index contributed by atoms with van der Waals surface area (Å²) in [7, 11) is 1.58. The van der Waals surface area contributed by atoms with Gasteiger partial charge in [0.15, 0.2) is 4.70 Å². The maximum absolute atomic E-state index is 13.3. The Morgan fingerprint density at radius 2 is 1.97 bits per heavy atom. The number of nitrogens with zero attached hydrogens (tertiary/aromatic N) is 4. The number of hydrogen-bond donors (Lipinski definition) is 0. The molecule has 0 bridgehead atoms. The topological polar surface area (TPSA) is 103 Å². The van der Waals surface area contributed by atoms with Crippen molar-refractivity contribution in [3.8, 4) is 0 Å². The molecule has 30 heavy (non-hydrogen) atoms. The molecule has 3 rings (SSSR count). The molecule has 0 saturated carbocycles. The number of thiazole rings is 1. The molecule has 0 spiro atoms. The minimum Gasteiger partial charge on any atom is -0.617 e. The van der Waals surface area contributed by atoms with E-state index < -0.39 is 44.3 Å². The zero-order chi connectivity index (χ0) is 22.2. The summed E-state index contributed by atoms with van der Waals surface area (Å²) in [5.41, 5.74) is -3.20.